The van der Waals surface area contributed by atoms with Crippen molar-refractivity contribution in [2.45, 2.75) is 18.0 Å². The minimum Gasteiger partial charge on any atom is -0.334 e. The highest BCUT2D eigenvalue weighted by molar-refractivity contribution is 7.89. The molecule has 11 heteroatoms. The average Bonchev–Trinajstić information content (AvgIpc) is 3.26. The number of amides is 2. The smallest absolute Gasteiger partial charge is 0.315 e. The maximum Gasteiger partial charge on any atom is 0.315 e. The highest BCUT2D eigenvalue weighted by Crippen LogP contribution is 2.11. The van der Waals surface area contributed by atoms with Gasteiger partial charge in [-0.1, -0.05) is 18.2 Å². The lowest BCUT2D eigenvalue weighted by Gasteiger charge is -2.11. The molecule has 2 amide bonds. The van der Waals surface area contributed by atoms with E-state index in [0.717, 1.165) is 5.56 Å². The third-order valence-corrected chi connectivity index (χ3v) is 5.29. The summed E-state index contributed by atoms with van der Waals surface area (Å²) in [5, 5.41) is 9.49. The van der Waals surface area contributed by atoms with Crippen molar-refractivity contribution in [3.05, 3.63) is 66.4 Å². The number of carbonyl (C=O) groups is 1. The molecule has 10 nitrogen and oxygen atoms in total. The quantitative estimate of drug-likeness (QED) is 0.530. The molecule has 0 atom stereocenters. The summed E-state index contributed by atoms with van der Waals surface area (Å²) < 4.78 is 27.5. The molecule has 0 saturated heterocycles. The van der Waals surface area contributed by atoms with Crippen LogP contribution in [0.5, 0.6) is 0 Å². The number of sulfonamides is 1. The van der Waals surface area contributed by atoms with Crippen molar-refractivity contribution in [3.8, 4) is 5.82 Å². The monoisotopic (exact) mass is 401 g/mol. The zero-order chi connectivity index (χ0) is 20.0. The van der Waals surface area contributed by atoms with E-state index in [2.05, 4.69) is 30.4 Å². The first-order chi connectivity index (χ1) is 13.5. The van der Waals surface area contributed by atoms with Crippen molar-refractivity contribution in [2.75, 3.05) is 7.05 Å². The molecule has 0 fully saturated rings. The van der Waals surface area contributed by atoms with Gasteiger partial charge in [0.15, 0.2) is 5.82 Å². The van der Waals surface area contributed by atoms with Crippen LogP contribution in [0.1, 0.15) is 11.1 Å². The molecule has 3 rings (SSSR count). The average molecular weight is 401 g/mol. The van der Waals surface area contributed by atoms with Crippen LogP contribution in [-0.2, 0) is 23.1 Å². The molecule has 0 aliphatic carbocycles. The molecular formula is C17H19N7O3S. The third kappa shape index (κ3) is 4.69. The van der Waals surface area contributed by atoms with Gasteiger partial charge in [0.25, 0.3) is 0 Å². The Morgan fingerprint density at radius 2 is 1.96 bits per heavy atom. The van der Waals surface area contributed by atoms with Crippen molar-refractivity contribution >= 4 is 16.1 Å². The standard InChI is InChI=1S/C17H19N7O3S/c1-18-28(26,27)15-6-2-4-13(8-15)9-21-17(25)22-10-14-5-3-7-20-16(14)24-12-19-11-23-24/h2-8,11-12,18H,9-10H2,1H3,(H2,21,22,25). The first-order valence-electron chi connectivity index (χ1n) is 8.32. The maximum absolute atomic E-state index is 12.1. The SMILES string of the molecule is CNS(=O)(=O)c1cccc(CNC(=O)NCc2cccnc2-n2cncn2)c1. The Hall–Kier alpha value is -3.31. The van der Waals surface area contributed by atoms with E-state index in [-0.39, 0.29) is 18.0 Å². The molecule has 2 heterocycles. The lowest BCUT2D eigenvalue weighted by molar-refractivity contribution is 0.240. The van der Waals surface area contributed by atoms with Crippen LogP contribution in [0.15, 0.2) is 60.1 Å². The van der Waals surface area contributed by atoms with Crippen LogP contribution in [0.25, 0.3) is 5.82 Å². The zero-order valence-electron chi connectivity index (χ0n) is 15.0. The van der Waals surface area contributed by atoms with Gasteiger partial charge >= 0.3 is 6.03 Å². The molecule has 146 valence electrons. The Kier molecular flexibility index (Phi) is 5.96. The van der Waals surface area contributed by atoms with Crippen molar-refractivity contribution in [1.29, 1.82) is 0 Å². The number of rotatable bonds is 7. The van der Waals surface area contributed by atoms with Crippen molar-refractivity contribution in [3.63, 3.8) is 0 Å². The molecule has 0 aliphatic heterocycles. The van der Waals surface area contributed by atoms with Crippen LogP contribution in [-0.4, -0.2) is 41.2 Å². The number of aromatic nitrogens is 4. The van der Waals surface area contributed by atoms with Gasteiger partial charge in [-0.05, 0) is 30.8 Å². The van der Waals surface area contributed by atoms with Gasteiger partial charge in [0.1, 0.15) is 12.7 Å². The van der Waals surface area contributed by atoms with Gasteiger partial charge in [-0.25, -0.2) is 32.6 Å². The van der Waals surface area contributed by atoms with Gasteiger partial charge in [-0.3, -0.25) is 0 Å². The number of hydrogen-bond donors (Lipinski definition) is 3. The van der Waals surface area contributed by atoms with Gasteiger partial charge in [-0.15, -0.1) is 0 Å². The van der Waals surface area contributed by atoms with E-state index in [1.165, 1.54) is 36.5 Å². The number of benzene rings is 1. The Morgan fingerprint density at radius 1 is 1.14 bits per heavy atom. The summed E-state index contributed by atoms with van der Waals surface area (Å²) in [5.74, 6) is 0.574. The maximum atomic E-state index is 12.1. The second-order valence-electron chi connectivity index (χ2n) is 5.72. The molecule has 0 spiro atoms. The van der Waals surface area contributed by atoms with E-state index in [1.807, 2.05) is 6.07 Å². The van der Waals surface area contributed by atoms with E-state index in [1.54, 1.807) is 24.4 Å². The topological polar surface area (TPSA) is 131 Å². The largest absolute Gasteiger partial charge is 0.334 e. The number of nitrogens with one attached hydrogen (secondary N) is 3. The highest BCUT2D eigenvalue weighted by Gasteiger charge is 2.12. The normalized spacial score (nSPS) is 11.2. The van der Waals surface area contributed by atoms with Gasteiger partial charge in [0.05, 0.1) is 4.90 Å². The van der Waals surface area contributed by atoms with E-state index in [4.69, 9.17) is 0 Å². The van der Waals surface area contributed by atoms with E-state index in [9.17, 15) is 13.2 Å². The second kappa shape index (κ2) is 8.59. The van der Waals surface area contributed by atoms with Gasteiger partial charge < -0.3 is 10.6 Å². The second-order valence-corrected chi connectivity index (χ2v) is 7.60. The van der Waals surface area contributed by atoms with Crippen molar-refractivity contribution < 1.29 is 13.2 Å². The minimum atomic E-state index is -3.53. The highest BCUT2D eigenvalue weighted by atomic mass is 32.2. The predicted octanol–water partition coefficient (Wildman–Crippen LogP) is 0.570. The molecule has 0 saturated carbocycles. The van der Waals surface area contributed by atoms with E-state index >= 15 is 0 Å². The lowest BCUT2D eigenvalue weighted by Crippen LogP contribution is -2.35. The number of hydrogen-bond acceptors (Lipinski definition) is 6. The first kappa shape index (κ1) is 19.5. The van der Waals surface area contributed by atoms with Crippen LogP contribution >= 0.6 is 0 Å². The minimum absolute atomic E-state index is 0.141. The summed E-state index contributed by atoms with van der Waals surface area (Å²) in [4.78, 5) is 20.4. The van der Waals surface area contributed by atoms with E-state index < -0.39 is 16.1 Å². The van der Waals surface area contributed by atoms with Crippen LogP contribution in [0, 0.1) is 0 Å². The summed E-state index contributed by atoms with van der Waals surface area (Å²) >= 11 is 0. The van der Waals surface area contributed by atoms with Gasteiger partial charge in [0.2, 0.25) is 10.0 Å². The Labute approximate surface area is 162 Å². The predicted molar refractivity (Wildman–Crippen MR) is 101 cm³/mol. The van der Waals surface area contributed by atoms with Gasteiger partial charge in [0, 0.05) is 24.8 Å². The fourth-order valence-electron chi connectivity index (χ4n) is 2.45. The molecule has 3 aromatic rings. The summed E-state index contributed by atoms with van der Waals surface area (Å²) in [6.07, 6.45) is 4.56. The first-order valence-corrected chi connectivity index (χ1v) is 9.81. The third-order valence-electron chi connectivity index (χ3n) is 3.87. The Bertz CT molecular complexity index is 1050. The molecule has 0 aliphatic rings. The molecule has 0 radical (unpaired) electrons. The van der Waals surface area contributed by atoms with Crippen LogP contribution in [0.3, 0.4) is 0 Å². The molecule has 28 heavy (non-hydrogen) atoms. The Morgan fingerprint density at radius 3 is 2.71 bits per heavy atom. The fourth-order valence-corrected chi connectivity index (χ4v) is 3.25. The number of carbonyl (C=O) groups excluding carboxylic acids is 1. The van der Waals surface area contributed by atoms with Crippen molar-refractivity contribution in [1.82, 2.24) is 35.1 Å². The summed E-state index contributed by atoms with van der Waals surface area (Å²) in [7, 11) is -2.18. The zero-order valence-corrected chi connectivity index (χ0v) is 15.8. The Balaban J connectivity index is 1.59. The van der Waals surface area contributed by atoms with Crippen LogP contribution in [0.2, 0.25) is 0 Å². The number of pyridine rings is 1. The molecule has 3 N–H and O–H groups in total. The molecule has 0 bridgehead atoms. The van der Waals surface area contributed by atoms with E-state index in [0.29, 0.717) is 11.4 Å². The van der Waals surface area contributed by atoms with Gasteiger partial charge in [-0.2, -0.15) is 5.10 Å². The van der Waals surface area contributed by atoms with Crippen LogP contribution in [0.4, 0.5) is 4.79 Å². The van der Waals surface area contributed by atoms with Crippen LogP contribution < -0.4 is 15.4 Å². The molecular weight excluding hydrogens is 382 g/mol. The van der Waals surface area contributed by atoms with Crippen molar-refractivity contribution in [2.24, 2.45) is 0 Å². The lowest BCUT2D eigenvalue weighted by atomic mass is 10.2. The summed E-state index contributed by atoms with van der Waals surface area (Å²) in [6.45, 7) is 0.422. The molecule has 1 aromatic carbocycles. The summed E-state index contributed by atoms with van der Waals surface area (Å²) in [6, 6.07) is 9.56. The molecule has 2 aromatic heterocycles. The number of urea groups is 1. The fraction of sp³-hybridized carbons (Fsp3) is 0.176. The summed E-state index contributed by atoms with van der Waals surface area (Å²) in [5.41, 5.74) is 1.43. The number of nitrogens with zero attached hydrogens (tertiary/aromatic N) is 4. The molecule has 0 unspecified atom stereocenters.